The second-order valence-corrected chi connectivity index (χ2v) is 5.10. The standard InChI is InChI=1S/C11H19F5O/c1-5-6-7-17-11(15,16)8(9(2,3)4)10(12,13)14/h8H,5-7H2,1-4H3. The fraction of sp³-hybridized carbons (Fsp3) is 1.00. The van der Waals surface area contributed by atoms with Crippen molar-refractivity contribution < 1.29 is 26.7 Å². The molecule has 1 unspecified atom stereocenters. The molecule has 0 aromatic rings. The molecule has 0 radical (unpaired) electrons. The number of hydrogen-bond donors (Lipinski definition) is 0. The lowest BCUT2D eigenvalue weighted by Gasteiger charge is -2.37. The van der Waals surface area contributed by atoms with E-state index in [9.17, 15) is 22.0 Å². The van der Waals surface area contributed by atoms with E-state index in [-0.39, 0.29) is 6.61 Å². The molecule has 6 heteroatoms. The van der Waals surface area contributed by atoms with Crippen LogP contribution in [0, 0.1) is 11.3 Å². The zero-order valence-corrected chi connectivity index (χ0v) is 10.5. The van der Waals surface area contributed by atoms with E-state index < -0.39 is 23.6 Å². The van der Waals surface area contributed by atoms with Gasteiger partial charge in [-0.25, -0.2) is 0 Å². The van der Waals surface area contributed by atoms with Crippen LogP contribution in [0.5, 0.6) is 0 Å². The molecule has 0 N–H and O–H groups in total. The molecule has 0 rings (SSSR count). The van der Waals surface area contributed by atoms with Gasteiger partial charge in [-0.15, -0.1) is 0 Å². The summed E-state index contributed by atoms with van der Waals surface area (Å²) in [5.74, 6) is -2.81. The number of unbranched alkanes of at least 4 members (excludes halogenated alkanes) is 1. The monoisotopic (exact) mass is 262 g/mol. The smallest absolute Gasteiger partial charge is 0.320 e. The SMILES string of the molecule is CCCCOC(F)(F)C(C(C)(C)C)C(F)(F)F. The Kier molecular flexibility index (Phi) is 5.38. The van der Waals surface area contributed by atoms with Gasteiger partial charge >= 0.3 is 12.3 Å². The van der Waals surface area contributed by atoms with Crippen LogP contribution in [0.2, 0.25) is 0 Å². The van der Waals surface area contributed by atoms with Crippen molar-refractivity contribution in [2.75, 3.05) is 6.61 Å². The zero-order valence-electron chi connectivity index (χ0n) is 10.5. The van der Waals surface area contributed by atoms with Gasteiger partial charge < -0.3 is 4.74 Å². The van der Waals surface area contributed by atoms with E-state index in [2.05, 4.69) is 4.74 Å². The second-order valence-electron chi connectivity index (χ2n) is 5.10. The summed E-state index contributed by atoms with van der Waals surface area (Å²) in [4.78, 5) is 0. The van der Waals surface area contributed by atoms with Crippen LogP contribution in [-0.2, 0) is 4.74 Å². The molecule has 0 saturated heterocycles. The van der Waals surface area contributed by atoms with Crippen LogP contribution < -0.4 is 0 Å². The molecule has 0 bridgehead atoms. The van der Waals surface area contributed by atoms with Gasteiger partial charge in [0.15, 0.2) is 5.92 Å². The number of ether oxygens (including phenoxy) is 1. The Morgan fingerprint density at radius 3 is 1.76 bits per heavy atom. The predicted molar refractivity (Wildman–Crippen MR) is 54.8 cm³/mol. The first-order valence-electron chi connectivity index (χ1n) is 5.51. The van der Waals surface area contributed by atoms with Gasteiger partial charge in [0.2, 0.25) is 0 Å². The Morgan fingerprint density at radius 1 is 1.00 bits per heavy atom. The van der Waals surface area contributed by atoms with Crippen molar-refractivity contribution >= 4 is 0 Å². The van der Waals surface area contributed by atoms with Gasteiger partial charge in [-0.3, -0.25) is 0 Å². The molecule has 0 aliphatic carbocycles. The first-order chi connectivity index (χ1) is 7.43. The van der Waals surface area contributed by atoms with E-state index in [0.29, 0.717) is 12.8 Å². The molecule has 0 aromatic heterocycles. The zero-order chi connectivity index (χ0) is 13.9. The number of alkyl halides is 5. The lowest BCUT2D eigenvalue weighted by molar-refractivity contribution is -0.356. The Morgan fingerprint density at radius 2 is 1.47 bits per heavy atom. The van der Waals surface area contributed by atoms with Gasteiger partial charge in [0.05, 0.1) is 6.61 Å². The highest BCUT2D eigenvalue weighted by Crippen LogP contribution is 2.48. The van der Waals surface area contributed by atoms with Crippen molar-refractivity contribution in [3.05, 3.63) is 0 Å². The van der Waals surface area contributed by atoms with Crippen molar-refractivity contribution in [3.63, 3.8) is 0 Å². The van der Waals surface area contributed by atoms with E-state index in [1.807, 2.05) is 0 Å². The maximum Gasteiger partial charge on any atom is 0.400 e. The number of hydrogen-bond acceptors (Lipinski definition) is 1. The van der Waals surface area contributed by atoms with E-state index in [0.717, 1.165) is 20.8 Å². The summed E-state index contributed by atoms with van der Waals surface area (Å²) in [7, 11) is 0. The highest BCUT2D eigenvalue weighted by Gasteiger charge is 2.61. The van der Waals surface area contributed by atoms with Crippen LogP contribution in [0.4, 0.5) is 22.0 Å². The number of rotatable bonds is 5. The first-order valence-corrected chi connectivity index (χ1v) is 5.51. The average molecular weight is 262 g/mol. The minimum absolute atomic E-state index is 0.310. The lowest BCUT2D eigenvalue weighted by Crippen LogP contribution is -2.49. The maximum absolute atomic E-state index is 13.5. The highest BCUT2D eigenvalue weighted by atomic mass is 19.4. The van der Waals surface area contributed by atoms with Gasteiger partial charge in [-0.2, -0.15) is 22.0 Å². The van der Waals surface area contributed by atoms with Gasteiger partial charge in [0.1, 0.15) is 0 Å². The minimum Gasteiger partial charge on any atom is -0.320 e. The van der Waals surface area contributed by atoms with Gasteiger partial charge in [0, 0.05) is 0 Å². The van der Waals surface area contributed by atoms with Gasteiger partial charge in [0.25, 0.3) is 0 Å². The summed E-state index contributed by atoms with van der Waals surface area (Å²) in [6.07, 6.45) is -8.29. The van der Waals surface area contributed by atoms with Gasteiger partial charge in [-0.05, 0) is 11.8 Å². The van der Waals surface area contributed by atoms with Crippen molar-refractivity contribution in [2.45, 2.75) is 52.8 Å². The minimum atomic E-state index is -4.99. The summed E-state index contributed by atoms with van der Waals surface area (Å²) in [6, 6.07) is 0. The van der Waals surface area contributed by atoms with Crippen LogP contribution in [0.25, 0.3) is 0 Å². The summed E-state index contributed by atoms with van der Waals surface area (Å²) in [5, 5.41) is 0. The molecular formula is C11H19F5O. The molecule has 0 spiro atoms. The molecule has 0 fully saturated rings. The maximum atomic E-state index is 13.5. The Bertz CT molecular complexity index is 215. The van der Waals surface area contributed by atoms with E-state index in [4.69, 9.17) is 0 Å². The van der Waals surface area contributed by atoms with Crippen molar-refractivity contribution in [3.8, 4) is 0 Å². The van der Waals surface area contributed by atoms with Gasteiger partial charge in [-0.1, -0.05) is 34.1 Å². The van der Waals surface area contributed by atoms with Crippen LogP contribution in [-0.4, -0.2) is 18.9 Å². The normalized spacial score (nSPS) is 16.1. The van der Waals surface area contributed by atoms with Crippen LogP contribution in [0.15, 0.2) is 0 Å². The molecule has 0 saturated carbocycles. The summed E-state index contributed by atoms with van der Waals surface area (Å²) < 4.78 is 69.0. The molecule has 0 aromatic carbocycles. The molecule has 0 aliphatic heterocycles. The van der Waals surface area contributed by atoms with E-state index in [1.54, 1.807) is 6.92 Å². The molecule has 0 aliphatic rings. The highest BCUT2D eigenvalue weighted by molar-refractivity contribution is 4.86. The second kappa shape index (κ2) is 5.50. The topological polar surface area (TPSA) is 9.23 Å². The Hall–Kier alpha value is -0.390. The predicted octanol–water partition coefficient (Wildman–Crippen LogP) is 4.62. The van der Waals surface area contributed by atoms with Crippen molar-refractivity contribution in [1.82, 2.24) is 0 Å². The van der Waals surface area contributed by atoms with Crippen molar-refractivity contribution in [2.24, 2.45) is 11.3 Å². The molecule has 17 heavy (non-hydrogen) atoms. The Balaban J connectivity index is 4.92. The van der Waals surface area contributed by atoms with Crippen LogP contribution in [0.3, 0.4) is 0 Å². The first kappa shape index (κ1) is 16.6. The summed E-state index contributed by atoms with van der Waals surface area (Å²) in [6.45, 7) is 4.76. The number of halogens is 5. The average Bonchev–Trinajstić information content (AvgIpc) is 1.96. The fourth-order valence-corrected chi connectivity index (χ4v) is 1.62. The molecule has 104 valence electrons. The molecule has 0 heterocycles. The van der Waals surface area contributed by atoms with E-state index >= 15 is 0 Å². The molecule has 1 atom stereocenters. The molecule has 0 amide bonds. The Labute approximate surface area is 98.3 Å². The quantitative estimate of drug-likeness (QED) is 0.519. The van der Waals surface area contributed by atoms with Crippen LogP contribution >= 0.6 is 0 Å². The fourth-order valence-electron chi connectivity index (χ4n) is 1.62. The molecular weight excluding hydrogens is 243 g/mol. The summed E-state index contributed by atoms with van der Waals surface area (Å²) in [5.41, 5.74) is -1.62. The molecule has 1 nitrogen and oxygen atoms in total. The third-order valence-electron chi connectivity index (χ3n) is 2.32. The van der Waals surface area contributed by atoms with E-state index in [1.165, 1.54) is 0 Å². The largest absolute Gasteiger partial charge is 0.400 e. The third-order valence-corrected chi connectivity index (χ3v) is 2.32. The summed E-state index contributed by atoms with van der Waals surface area (Å²) >= 11 is 0. The van der Waals surface area contributed by atoms with Crippen LogP contribution in [0.1, 0.15) is 40.5 Å². The van der Waals surface area contributed by atoms with Crippen molar-refractivity contribution in [1.29, 1.82) is 0 Å². The third kappa shape index (κ3) is 5.19. The lowest BCUT2D eigenvalue weighted by atomic mass is 9.79.